The largest absolute Gasteiger partial charge is 0.490 e. The van der Waals surface area contributed by atoms with E-state index in [4.69, 9.17) is 32.7 Å². The van der Waals surface area contributed by atoms with Gasteiger partial charge < -0.3 is 14.8 Å². The molecular weight excluding hydrogens is 465 g/mol. The topological polar surface area (TPSA) is 89.0 Å². The molecule has 0 aliphatic heterocycles. The molecule has 0 bridgehead atoms. The second-order valence-electron chi connectivity index (χ2n) is 7.86. The molecule has 0 fully saturated rings. The van der Waals surface area contributed by atoms with Gasteiger partial charge in [0.15, 0.2) is 11.5 Å². The van der Waals surface area contributed by atoms with Crippen molar-refractivity contribution < 1.29 is 19.1 Å². The first-order valence-corrected chi connectivity index (χ1v) is 11.4. The maximum atomic E-state index is 12.7. The van der Waals surface area contributed by atoms with Crippen LogP contribution in [0, 0.1) is 5.92 Å². The highest BCUT2D eigenvalue weighted by Crippen LogP contribution is 2.29. The van der Waals surface area contributed by atoms with E-state index in [9.17, 15) is 9.59 Å². The van der Waals surface area contributed by atoms with Crippen molar-refractivity contribution >= 4 is 41.2 Å². The van der Waals surface area contributed by atoms with Gasteiger partial charge in [-0.3, -0.25) is 9.59 Å². The van der Waals surface area contributed by atoms with Crippen LogP contribution < -0.4 is 20.2 Å². The number of halogens is 2. The zero-order valence-electron chi connectivity index (χ0n) is 19.3. The van der Waals surface area contributed by atoms with E-state index in [0.717, 1.165) is 0 Å². The predicted octanol–water partition coefficient (Wildman–Crippen LogP) is 5.08. The number of carbonyl (C=O) groups is 2. The lowest BCUT2D eigenvalue weighted by atomic mass is 10.0. The lowest BCUT2D eigenvalue weighted by molar-refractivity contribution is -0.123. The normalized spacial score (nSPS) is 12.2. The van der Waals surface area contributed by atoms with Crippen LogP contribution in [0.15, 0.2) is 41.5 Å². The van der Waals surface area contributed by atoms with E-state index in [2.05, 4.69) is 15.8 Å². The van der Waals surface area contributed by atoms with E-state index in [-0.39, 0.29) is 22.6 Å². The van der Waals surface area contributed by atoms with Crippen LogP contribution in [0.2, 0.25) is 10.0 Å². The van der Waals surface area contributed by atoms with Crippen molar-refractivity contribution in [3.05, 3.63) is 57.6 Å². The molecule has 0 heterocycles. The van der Waals surface area contributed by atoms with Crippen LogP contribution in [0.1, 0.15) is 50.5 Å². The summed E-state index contributed by atoms with van der Waals surface area (Å²) in [7, 11) is 0. The highest BCUT2D eigenvalue weighted by atomic mass is 35.5. The van der Waals surface area contributed by atoms with Gasteiger partial charge in [0, 0.05) is 5.02 Å². The first-order valence-electron chi connectivity index (χ1n) is 10.6. The quantitative estimate of drug-likeness (QED) is 0.356. The fraction of sp³-hybridized carbons (Fsp3) is 0.375. The molecular formula is C24H29Cl2N3O4. The van der Waals surface area contributed by atoms with Crippen LogP contribution in [0.5, 0.6) is 11.5 Å². The van der Waals surface area contributed by atoms with Crippen molar-refractivity contribution in [2.75, 3.05) is 6.61 Å². The van der Waals surface area contributed by atoms with Gasteiger partial charge in [0.25, 0.3) is 11.8 Å². The number of rotatable bonds is 10. The Kier molecular flexibility index (Phi) is 10.0. The van der Waals surface area contributed by atoms with E-state index < -0.39 is 17.9 Å². The maximum Gasteiger partial charge on any atom is 0.262 e. The van der Waals surface area contributed by atoms with Gasteiger partial charge in [-0.25, -0.2) is 5.43 Å². The summed E-state index contributed by atoms with van der Waals surface area (Å²) in [6.45, 7) is 9.88. The Balaban J connectivity index is 2.08. The van der Waals surface area contributed by atoms with E-state index in [1.807, 2.05) is 34.6 Å². The van der Waals surface area contributed by atoms with Crippen LogP contribution >= 0.6 is 23.2 Å². The van der Waals surface area contributed by atoms with E-state index in [1.54, 1.807) is 24.3 Å². The highest BCUT2D eigenvalue weighted by Gasteiger charge is 2.25. The molecule has 7 nitrogen and oxygen atoms in total. The van der Waals surface area contributed by atoms with Crippen molar-refractivity contribution in [1.29, 1.82) is 0 Å². The fourth-order valence-electron chi connectivity index (χ4n) is 2.89. The minimum atomic E-state index is -0.817. The molecule has 9 heteroatoms. The number of nitrogens with zero attached hydrogens (tertiary/aromatic N) is 1. The van der Waals surface area contributed by atoms with Gasteiger partial charge in [-0.2, -0.15) is 5.10 Å². The molecule has 0 saturated heterocycles. The Morgan fingerprint density at radius 2 is 1.79 bits per heavy atom. The Bertz CT molecular complexity index is 1010. The second-order valence-corrected chi connectivity index (χ2v) is 8.70. The van der Waals surface area contributed by atoms with Gasteiger partial charge in [-0.1, -0.05) is 37.0 Å². The Morgan fingerprint density at radius 1 is 1.06 bits per heavy atom. The molecule has 0 aromatic heterocycles. The summed E-state index contributed by atoms with van der Waals surface area (Å²) in [5, 5.41) is 7.36. The monoisotopic (exact) mass is 493 g/mol. The van der Waals surface area contributed by atoms with E-state index in [1.165, 1.54) is 18.3 Å². The molecule has 0 aliphatic carbocycles. The van der Waals surface area contributed by atoms with Crippen molar-refractivity contribution in [3.63, 3.8) is 0 Å². The van der Waals surface area contributed by atoms with E-state index >= 15 is 0 Å². The summed E-state index contributed by atoms with van der Waals surface area (Å²) in [4.78, 5) is 25.3. The molecule has 178 valence electrons. The van der Waals surface area contributed by atoms with Gasteiger partial charge >= 0.3 is 0 Å². The number of nitrogens with one attached hydrogen (secondary N) is 2. The molecule has 2 aromatic rings. The average molecular weight is 494 g/mol. The lowest BCUT2D eigenvalue weighted by Gasteiger charge is -2.20. The smallest absolute Gasteiger partial charge is 0.262 e. The van der Waals surface area contributed by atoms with Crippen LogP contribution in [0.4, 0.5) is 0 Å². The summed E-state index contributed by atoms with van der Waals surface area (Å²) in [5.74, 6) is 0.110. The van der Waals surface area contributed by atoms with Gasteiger partial charge in [0.05, 0.1) is 29.5 Å². The van der Waals surface area contributed by atoms with Crippen LogP contribution in [-0.4, -0.2) is 36.8 Å². The summed E-state index contributed by atoms with van der Waals surface area (Å²) in [5.41, 5.74) is 3.43. The number of hydrogen-bond donors (Lipinski definition) is 2. The van der Waals surface area contributed by atoms with Crippen molar-refractivity contribution in [1.82, 2.24) is 10.7 Å². The molecule has 0 saturated carbocycles. The zero-order chi connectivity index (χ0) is 24.5. The summed E-state index contributed by atoms with van der Waals surface area (Å²) < 4.78 is 11.4. The highest BCUT2D eigenvalue weighted by molar-refractivity contribution is 6.36. The maximum absolute atomic E-state index is 12.7. The molecule has 0 radical (unpaired) electrons. The average Bonchev–Trinajstić information content (AvgIpc) is 2.73. The minimum Gasteiger partial charge on any atom is -0.490 e. The molecule has 1 atom stereocenters. The second kappa shape index (κ2) is 12.5. The Morgan fingerprint density at radius 3 is 2.39 bits per heavy atom. The van der Waals surface area contributed by atoms with Crippen LogP contribution in [-0.2, 0) is 4.79 Å². The van der Waals surface area contributed by atoms with Gasteiger partial charge in [-0.05, 0) is 68.7 Å². The predicted molar refractivity (Wildman–Crippen MR) is 132 cm³/mol. The number of benzene rings is 2. The Labute approximate surface area is 204 Å². The van der Waals surface area contributed by atoms with Crippen molar-refractivity contribution in [2.45, 2.75) is 46.8 Å². The summed E-state index contributed by atoms with van der Waals surface area (Å²) in [6.07, 6.45) is 1.50. The molecule has 2 aromatic carbocycles. The van der Waals surface area contributed by atoms with E-state index in [0.29, 0.717) is 28.7 Å². The molecule has 0 aliphatic rings. The minimum absolute atomic E-state index is 0.00828. The number of amides is 2. The lowest BCUT2D eigenvalue weighted by Crippen LogP contribution is -2.48. The number of carbonyl (C=O) groups excluding carboxylic acids is 2. The van der Waals surface area contributed by atoms with Gasteiger partial charge in [-0.15, -0.1) is 0 Å². The first kappa shape index (κ1) is 26.5. The summed E-state index contributed by atoms with van der Waals surface area (Å²) >= 11 is 12.0. The molecule has 2 rings (SSSR count). The molecule has 0 spiro atoms. The van der Waals surface area contributed by atoms with Crippen LogP contribution in [0.25, 0.3) is 0 Å². The third-order valence-corrected chi connectivity index (χ3v) is 4.98. The molecule has 1 unspecified atom stereocenters. The SMILES string of the molecule is CCOc1cc(C=NNC(=O)C(NC(=O)c2ccc(Cl)cc2Cl)C(C)C)ccc1OC(C)C. The van der Waals surface area contributed by atoms with Crippen molar-refractivity contribution in [2.24, 2.45) is 11.0 Å². The van der Waals surface area contributed by atoms with Crippen LogP contribution in [0.3, 0.4) is 0 Å². The first-order chi connectivity index (χ1) is 15.6. The number of ether oxygens (including phenoxy) is 2. The molecule has 2 amide bonds. The van der Waals surface area contributed by atoms with Gasteiger partial charge in [0.1, 0.15) is 6.04 Å². The Hall–Kier alpha value is -2.77. The molecule has 2 N–H and O–H groups in total. The fourth-order valence-corrected chi connectivity index (χ4v) is 3.39. The third kappa shape index (κ3) is 7.94. The zero-order valence-corrected chi connectivity index (χ0v) is 20.8. The summed E-state index contributed by atoms with van der Waals surface area (Å²) in [6, 6.07) is 9.10. The third-order valence-electron chi connectivity index (χ3n) is 4.43. The number of hydrazone groups is 1. The van der Waals surface area contributed by atoms with Crippen molar-refractivity contribution in [3.8, 4) is 11.5 Å². The standard InChI is InChI=1S/C24H29Cl2N3O4/c1-6-32-21-11-16(7-10-20(21)33-15(4)5)13-27-29-24(31)22(14(2)3)28-23(30)18-9-8-17(25)12-19(18)26/h7-15,22H,6H2,1-5H3,(H,28,30)(H,29,31). The van der Waals surface area contributed by atoms with Gasteiger partial charge in [0.2, 0.25) is 0 Å². The molecule has 33 heavy (non-hydrogen) atoms. The number of hydrogen-bond acceptors (Lipinski definition) is 5.